The van der Waals surface area contributed by atoms with E-state index in [0.717, 1.165) is 41.9 Å². The van der Waals surface area contributed by atoms with Crippen LogP contribution >= 0.6 is 35.3 Å². The Kier molecular flexibility index (Phi) is 10.9. The molecule has 0 atom stereocenters. The van der Waals surface area contributed by atoms with E-state index in [1.54, 1.807) is 7.05 Å². The minimum Gasteiger partial charge on any atom is -0.352 e. The standard InChI is InChI=1S/C19H26F3N5S.HI/c1-4-27(5-2)12-15-8-6-7-14(9-15)10-24-18(23-3)25-11-17-26-16(13-28-17)19(20,21)22;/h6-9,13H,4-5,10-12H2,1-3H3,(H2,23,24,25);1H. The van der Waals surface area contributed by atoms with Gasteiger partial charge in [0.05, 0.1) is 6.54 Å². The average molecular weight is 541 g/mol. The van der Waals surface area contributed by atoms with Gasteiger partial charge in [0.15, 0.2) is 11.7 Å². The molecule has 1 aromatic heterocycles. The first-order valence-electron chi connectivity index (χ1n) is 9.12. The van der Waals surface area contributed by atoms with Crippen molar-refractivity contribution in [3.05, 3.63) is 51.5 Å². The van der Waals surface area contributed by atoms with Gasteiger partial charge in [0, 0.05) is 25.5 Å². The van der Waals surface area contributed by atoms with E-state index in [2.05, 4.69) is 51.5 Å². The summed E-state index contributed by atoms with van der Waals surface area (Å²) in [6.07, 6.45) is -4.41. The highest BCUT2D eigenvalue weighted by Gasteiger charge is 2.33. The van der Waals surface area contributed by atoms with E-state index in [0.29, 0.717) is 17.5 Å². The number of guanidine groups is 1. The van der Waals surface area contributed by atoms with E-state index in [-0.39, 0.29) is 30.5 Å². The molecule has 2 aromatic rings. The Hall–Kier alpha value is -1.40. The van der Waals surface area contributed by atoms with E-state index in [9.17, 15) is 13.2 Å². The SMILES string of the molecule is CCN(CC)Cc1cccc(CNC(=NC)NCc2nc(C(F)(F)F)cs2)c1.I. The van der Waals surface area contributed by atoms with E-state index in [1.165, 1.54) is 5.56 Å². The van der Waals surface area contributed by atoms with Crippen LogP contribution in [0.3, 0.4) is 0 Å². The lowest BCUT2D eigenvalue weighted by Crippen LogP contribution is -2.36. The average Bonchev–Trinajstić information content (AvgIpc) is 3.16. The third-order valence-electron chi connectivity index (χ3n) is 4.22. The van der Waals surface area contributed by atoms with Crippen molar-refractivity contribution in [2.45, 2.75) is 39.7 Å². The van der Waals surface area contributed by atoms with Gasteiger partial charge in [-0.25, -0.2) is 4.98 Å². The van der Waals surface area contributed by atoms with Crippen LogP contribution in [0.5, 0.6) is 0 Å². The lowest BCUT2D eigenvalue weighted by molar-refractivity contribution is -0.140. The van der Waals surface area contributed by atoms with Gasteiger partial charge in [0.25, 0.3) is 0 Å². The molecule has 0 aliphatic carbocycles. The second-order valence-corrected chi connectivity index (χ2v) is 7.13. The van der Waals surface area contributed by atoms with Crippen LogP contribution in [0.2, 0.25) is 0 Å². The van der Waals surface area contributed by atoms with Gasteiger partial charge in [0.1, 0.15) is 5.01 Å². The van der Waals surface area contributed by atoms with Crippen LogP contribution in [0.1, 0.15) is 35.7 Å². The lowest BCUT2D eigenvalue weighted by atomic mass is 10.1. The second kappa shape index (κ2) is 12.3. The molecule has 2 N–H and O–H groups in total. The van der Waals surface area contributed by atoms with Crippen molar-refractivity contribution >= 4 is 41.3 Å². The number of alkyl halides is 3. The molecule has 5 nitrogen and oxygen atoms in total. The summed E-state index contributed by atoms with van der Waals surface area (Å²) in [6.45, 7) is 7.94. The molecule has 0 saturated heterocycles. The molecule has 1 heterocycles. The normalized spacial score (nSPS) is 12.0. The summed E-state index contributed by atoms with van der Waals surface area (Å²) in [7, 11) is 1.62. The molecular formula is C19H27F3IN5S. The highest BCUT2D eigenvalue weighted by molar-refractivity contribution is 14.0. The van der Waals surface area contributed by atoms with E-state index < -0.39 is 11.9 Å². The number of aliphatic imine (C=N–C) groups is 1. The van der Waals surface area contributed by atoms with E-state index in [1.807, 2.05) is 12.1 Å². The Morgan fingerprint density at radius 1 is 1.14 bits per heavy atom. The molecule has 1 aromatic carbocycles. The summed E-state index contributed by atoms with van der Waals surface area (Å²) in [5.74, 6) is 0.512. The van der Waals surface area contributed by atoms with Crippen molar-refractivity contribution < 1.29 is 13.2 Å². The molecule has 29 heavy (non-hydrogen) atoms. The molecule has 0 saturated carbocycles. The third kappa shape index (κ3) is 8.47. The Morgan fingerprint density at radius 2 is 1.79 bits per heavy atom. The number of halogens is 4. The van der Waals surface area contributed by atoms with Crippen molar-refractivity contribution in [1.29, 1.82) is 0 Å². The lowest BCUT2D eigenvalue weighted by Gasteiger charge is -2.18. The van der Waals surface area contributed by atoms with Gasteiger partial charge in [-0.2, -0.15) is 13.2 Å². The predicted octanol–water partition coefficient (Wildman–Crippen LogP) is 4.49. The summed E-state index contributed by atoms with van der Waals surface area (Å²) in [4.78, 5) is 10.1. The van der Waals surface area contributed by atoms with Gasteiger partial charge in [-0.1, -0.05) is 38.1 Å². The summed E-state index contributed by atoms with van der Waals surface area (Å²) < 4.78 is 37.8. The Morgan fingerprint density at radius 3 is 2.38 bits per heavy atom. The van der Waals surface area contributed by atoms with Crippen LogP contribution < -0.4 is 10.6 Å². The predicted molar refractivity (Wildman–Crippen MR) is 123 cm³/mol. The first kappa shape index (κ1) is 25.6. The zero-order valence-electron chi connectivity index (χ0n) is 16.7. The summed E-state index contributed by atoms with van der Waals surface area (Å²) in [5, 5.41) is 7.56. The quantitative estimate of drug-likeness (QED) is 0.294. The van der Waals surface area contributed by atoms with Crippen molar-refractivity contribution in [1.82, 2.24) is 20.5 Å². The Bertz CT molecular complexity index is 775. The van der Waals surface area contributed by atoms with Crippen LogP contribution in [0, 0.1) is 0 Å². The second-order valence-electron chi connectivity index (χ2n) is 6.18. The van der Waals surface area contributed by atoms with E-state index in [4.69, 9.17) is 0 Å². The van der Waals surface area contributed by atoms with E-state index >= 15 is 0 Å². The van der Waals surface area contributed by atoms with Crippen molar-refractivity contribution in [2.75, 3.05) is 20.1 Å². The summed E-state index contributed by atoms with van der Waals surface area (Å²) >= 11 is 0.974. The number of benzene rings is 1. The maximum atomic E-state index is 12.6. The van der Waals surface area contributed by atoms with Crippen LogP contribution in [0.15, 0.2) is 34.6 Å². The zero-order valence-corrected chi connectivity index (χ0v) is 19.9. The van der Waals surface area contributed by atoms with Crippen molar-refractivity contribution in [3.63, 3.8) is 0 Å². The van der Waals surface area contributed by atoms with Gasteiger partial charge in [0.2, 0.25) is 0 Å². The first-order chi connectivity index (χ1) is 13.4. The fourth-order valence-corrected chi connectivity index (χ4v) is 3.37. The molecule has 0 aliphatic rings. The monoisotopic (exact) mass is 541 g/mol. The highest BCUT2D eigenvalue weighted by Crippen LogP contribution is 2.29. The molecule has 0 aliphatic heterocycles. The van der Waals surface area contributed by atoms with Gasteiger partial charge in [-0.3, -0.25) is 9.89 Å². The number of nitrogens with zero attached hydrogens (tertiary/aromatic N) is 3. The third-order valence-corrected chi connectivity index (χ3v) is 5.07. The van der Waals surface area contributed by atoms with Crippen LogP contribution in [0.4, 0.5) is 13.2 Å². The van der Waals surface area contributed by atoms with Crippen LogP contribution in [-0.4, -0.2) is 36.0 Å². The van der Waals surface area contributed by atoms with Gasteiger partial charge < -0.3 is 10.6 Å². The van der Waals surface area contributed by atoms with Crippen molar-refractivity contribution in [3.8, 4) is 0 Å². The smallest absolute Gasteiger partial charge is 0.352 e. The highest BCUT2D eigenvalue weighted by atomic mass is 127. The molecule has 0 bridgehead atoms. The zero-order chi connectivity index (χ0) is 20.6. The molecule has 0 unspecified atom stereocenters. The number of hydrogen-bond donors (Lipinski definition) is 2. The number of aromatic nitrogens is 1. The fraction of sp³-hybridized carbons (Fsp3) is 0.474. The van der Waals surface area contributed by atoms with Crippen LogP contribution in [0.25, 0.3) is 0 Å². The number of nitrogens with one attached hydrogen (secondary N) is 2. The molecule has 10 heteroatoms. The molecule has 0 radical (unpaired) electrons. The number of hydrogen-bond acceptors (Lipinski definition) is 4. The molecule has 2 rings (SSSR count). The molecule has 0 amide bonds. The molecule has 0 spiro atoms. The summed E-state index contributed by atoms with van der Waals surface area (Å²) in [6, 6.07) is 8.31. The Balaban J connectivity index is 0.00000420. The minimum atomic E-state index is -4.41. The number of rotatable bonds is 8. The maximum absolute atomic E-state index is 12.6. The number of thiazole rings is 1. The largest absolute Gasteiger partial charge is 0.434 e. The summed E-state index contributed by atoms with van der Waals surface area (Å²) in [5.41, 5.74) is 1.50. The minimum absolute atomic E-state index is 0. The molecule has 162 valence electrons. The first-order valence-corrected chi connectivity index (χ1v) is 10.00. The van der Waals surface area contributed by atoms with Crippen LogP contribution in [-0.2, 0) is 25.8 Å². The Labute approximate surface area is 190 Å². The van der Waals surface area contributed by atoms with Gasteiger partial charge in [-0.15, -0.1) is 35.3 Å². The molecule has 0 fully saturated rings. The maximum Gasteiger partial charge on any atom is 0.434 e. The topological polar surface area (TPSA) is 52.5 Å². The molecular weight excluding hydrogens is 514 g/mol. The fourth-order valence-electron chi connectivity index (χ4n) is 2.63. The van der Waals surface area contributed by atoms with Crippen molar-refractivity contribution in [2.24, 2.45) is 4.99 Å². The van der Waals surface area contributed by atoms with Gasteiger partial charge in [-0.05, 0) is 24.2 Å². The van der Waals surface area contributed by atoms with Gasteiger partial charge >= 0.3 is 6.18 Å².